The number of hydrogen-bond acceptors (Lipinski definition) is 3. The van der Waals surface area contributed by atoms with Gasteiger partial charge in [-0.1, -0.05) is 18.2 Å². The molecule has 0 saturated heterocycles. The van der Waals surface area contributed by atoms with Crippen LogP contribution < -0.4 is 10.6 Å². The molecule has 15 heavy (non-hydrogen) atoms. The molecule has 0 spiro atoms. The first-order valence-electron chi connectivity index (χ1n) is 4.82. The maximum atomic E-state index is 11.5. The first-order valence-corrected chi connectivity index (χ1v) is 4.82. The maximum absolute atomic E-state index is 11.5. The van der Waals surface area contributed by atoms with Crippen molar-refractivity contribution in [3.05, 3.63) is 35.9 Å². The molecule has 0 unspecified atom stereocenters. The minimum absolute atomic E-state index is 0.0940. The van der Waals surface area contributed by atoms with E-state index in [4.69, 9.17) is 0 Å². The highest BCUT2D eigenvalue weighted by Crippen LogP contribution is 1.96. The summed E-state index contributed by atoms with van der Waals surface area (Å²) in [6, 6.07) is 9.02. The van der Waals surface area contributed by atoms with Crippen LogP contribution in [0.2, 0.25) is 0 Å². The zero-order chi connectivity index (χ0) is 10.9. The summed E-state index contributed by atoms with van der Waals surface area (Å²) in [6.07, 6.45) is 0.791. The SMILES string of the molecule is O=CCNCCNC(=O)c1ccccc1. The van der Waals surface area contributed by atoms with Gasteiger partial charge in [0.15, 0.2) is 0 Å². The maximum Gasteiger partial charge on any atom is 0.251 e. The highest BCUT2D eigenvalue weighted by Gasteiger charge is 2.01. The van der Waals surface area contributed by atoms with Gasteiger partial charge in [0.25, 0.3) is 5.91 Å². The molecule has 0 aliphatic carbocycles. The van der Waals surface area contributed by atoms with E-state index in [-0.39, 0.29) is 5.91 Å². The minimum Gasteiger partial charge on any atom is -0.351 e. The van der Waals surface area contributed by atoms with E-state index < -0.39 is 0 Å². The lowest BCUT2D eigenvalue weighted by atomic mass is 10.2. The fourth-order valence-electron chi connectivity index (χ4n) is 1.12. The van der Waals surface area contributed by atoms with Gasteiger partial charge in [0, 0.05) is 18.7 Å². The van der Waals surface area contributed by atoms with Gasteiger partial charge in [-0.3, -0.25) is 4.79 Å². The third kappa shape index (κ3) is 4.37. The predicted octanol–water partition coefficient (Wildman–Crippen LogP) is 0.205. The first kappa shape index (κ1) is 11.4. The topological polar surface area (TPSA) is 58.2 Å². The summed E-state index contributed by atoms with van der Waals surface area (Å²) in [5.74, 6) is -0.0940. The van der Waals surface area contributed by atoms with Crippen molar-refractivity contribution in [1.29, 1.82) is 0 Å². The Balaban J connectivity index is 2.22. The molecular weight excluding hydrogens is 192 g/mol. The molecule has 0 fully saturated rings. The average Bonchev–Trinajstić information content (AvgIpc) is 2.30. The number of aldehydes is 1. The van der Waals surface area contributed by atoms with Crippen LogP contribution in [0.25, 0.3) is 0 Å². The summed E-state index contributed by atoms with van der Waals surface area (Å²) in [4.78, 5) is 21.4. The lowest BCUT2D eigenvalue weighted by molar-refractivity contribution is -0.107. The normalized spacial score (nSPS) is 9.60. The lowest BCUT2D eigenvalue weighted by Gasteiger charge is -2.04. The Bertz CT molecular complexity index is 312. The molecule has 2 N–H and O–H groups in total. The van der Waals surface area contributed by atoms with Crippen LogP contribution in [0.1, 0.15) is 10.4 Å². The van der Waals surface area contributed by atoms with Gasteiger partial charge >= 0.3 is 0 Å². The Morgan fingerprint density at radius 3 is 2.60 bits per heavy atom. The van der Waals surface area contributed by atoms with E-state index in [9.17, 15) is 9.59 Å². The summed E-state index contributed by atoms with van der Waals surface area (Å²) < 4.78 is 0. The van der Waals surface area contributed by atoms with Crippen LogP contribution in [0, 0.1) is 0 Å². The van der Waals surface area contributed by atoms with Crippen LogP contribution in [0.5, 0.6) is 0 Å². The summed E-state index contributed by atoms with van der Waals surface area (Å²) >= 11 is 0. The molecule has 0 aliphatic rings. The second kappa shape index (κ2) is 6.73. The van der Waals surface area contributed by atoms with E-state index in [0.717, 1.165) is 6.29 Å². The van der Waals surface area contributed by atoms with Crippen LogP contribution in [0.4, 0.5) is 0 Å². The van der Waals surface area contributed by atoms with Crippen LogP contribution >= 0.6 is 0 Å². The largest absolute Gasteiger partial charge is 0.351 e. The molecule has 0 radical (unpaired) electrons. The molecule has 0 saturated carbocycles. The molecule has 4 heteroatoms. The van der Waals surface area contributed by atoms with Crippen molar-refractivity contribution >= 4 is 12.2 Å². The number of hydrogen-bond donors (Lipinski definition) is 2. The third-order valence-electron chi connectivity index (χ3n) is 1.85. The zero-order valence-electron chi connectivity index (χ0n) is 8.40. The van der Waals surface area contributed by atoms with Gasteiger partial charge in [0.2, 0.25) is 0 Å². The van der Waals surface area contributed by atoms with Crippen molar-refractivity contribution in [3.63, 3.8) is 0 Å². The molecule has 1 aromatic rings. The Morgan fingerprint density at radius 1 is 1.20 bits per heavy atom. The van der Waals surface area contributed by atoms with Crippen LogP contribution in [-0.4, -0.2) is 31.8 Å². The number of amides is 1. The van der Waals surface area contributed by atoms with Gasteiger partial charge in [0.05, 0.1) is 6.54 Å². The van der Waals surface area contributed by atoms with Crippen LogP contribution in [0.15, 0.2) is 30.3 Å². The second-order valence-electron chi connectivity index (χ2n) is 2.99. The first-order chi connectivity index (χ1) is 7.34. The van der Waals surface area contributed by atoms with Gasteiger partial charge in [-0.05, 0) is 12.1 Å². The van der Waals surface area contributed by atoms with Crippen molar-refractivity contribution < 1.29 is 9.59 Å². The van der Waals surface area contributed by atoms with E-state index in [1.54, 1.807) is 12.1 Å². The fraction of sp³-hybridized carbons (Fsp3) is 0.273. The molecule has 0 atom stereocenters. The second-order valence-corrected chi connectivity index (χ2v) is 2.99. The monoisotopic (exact) mass is 206 g/mol. The fourth-order valence-corrected chi connectivity index (χ4v) is 1.12. The molecule has 0 heterocycles. The molecule has 4 nitrogen and oxygen atoms in total. The van der Waals surface area contributed by atoms with Gasteiger partial charge in [-0.2, -0.15) is 0 Å². The Morgan fingerprint density at radius 2 is 1.93 bits per heavy atom. The highest BCUT2D eigenvalue weighted by atomic mass is 16.1. The standard InChI is InChI=1S/C11H14N2O2/c14-9-8-12-6-7-13-11(15)10-4-2-1-3-5-10/h1-5,9,12H,6-8H2,(H,13,15). The highest BCUT2D eigenvalue weighted by molar-refractivity contribution is 5.94. The van der Waals surface area contributed by atoms with Crippen LogP contribution in [-0.2, 0) is 4.79 Å². The van der Waals surface area contributed by atoms with Crippen molar-refractivity contribution in [2.75, 3.05) is 19.6 Å². The number of benzene rings is 1. The lowest BCUT2D eigenvalue weighted by Crippen LogP contribution is -2.32. The Kier molecular flexibility index (Phi) is 5.11. The van der Waals surface area contributed by atoms with Gasteiger partial charge in [-0.25, -0.2) is 0 Å². The third-order valence-corrected chi connectivity index (χ3v) is 1.85. The van der Waals surface area contributed by atoms with Crippen molar-refractivity contribution in [2.45, 2.75) is 0 Å². The van der Waals surface area contributed by atoms with Gasteiger partial charge in [0.1, 0.15) is 6.29 Å². The summed E-state index contributed by atoms with van der Waals surface area (Å²) in [6.45, 7) is 1.43. The van der Waals surface area contributed by atoms with Crippen molar-refractivity contribution in [1.82, 2.24) is 10.6 Å². The summed E-state index contributed by atoms with van der Waals surface area (Å²) in [7, 11) is 0. The molecule has 1 aromatic carbocycles. The smallest absolute Gasteiger partial charge is 0.251 e. The zero-order valence-corrected chi connectivity index (χ0v) is 8.40. The van der Waals surface area contributed by atoms with Crippen molar-refractivity contribution in [3.8, 4) is 0 Å². The van der Waals surface area contributed by atoms with E-state index >= 15 is 0 Å². The van der Waals surface area contributed by atoms with Crippen LogP contribution in [0.3, 0.4) is 0 Å². The minimum atomic E-state index is -0.0940. The Labute approximate surface area is 88.7 Å². The number of carbonyl (C=O) groups excluding carboxylic acids is 2. The number of rotatable bonds is 6. The van der Waals surface area contributed by atoms with E-state index in [1.807, 2.05) is 18.2 Å². The molecule has 1 rings (SSSR count). The summed E-state index contributed by atoms with van der Waals surface area (Å²) in [5, 5.41) is 5.60. The van der Waals surface area contributed by atoms with E-state index in [2.05, 4.69) is 10.6 Å². The van der Waals surface area contributed by atoms with E-state index in [1.165, 1.54) is 0 Å². The number of nitrogens with one attached hydrogen (secondary N) is 2. The molecule has 0 aromatic heterocycles. The molecule has 1 amide bonds. The van der Waals surface area contributed by atoms with Gasteiger partial charge < -0.3 is 15.4 Å². The predicted molar refractivity (Wildman–Crippen MR) is 57.7 cm³/mol. The molecule has 0 aliphatic heterocycles. The van der Waals surface area contributed by atoms with Gasteiger partial charge in [-0.15, -0.1) is 0 Å². The molecule has 80 valence electrons. The van der Waals surface area contributed by atoms with E-state index in [0.29, 0.717) is 25.2 Å². The Hall–Kier alpha value is -1.68. The number of carbonyl (C=O) groups is 2. The van der Waals surface area contributed by atoms with Crippen molar-refractivity contribution in [2.24, 2.45) is 0 Å². The average molecular weight is 206 g/mol. The summed E-state index contributed by atoms with van der Waals surface area (Å²) in [5.41, 5.74) is 0.646. The molecular formula is C11H14N2O2. The quantitative estimate of drug-likeness (QED) is 0.516. The molecule has 0 bridgehead atoms.